The minimum Gasteiger partial charge on any atom is -0.478 e. The van der Waals surface area contributed by atoms with E-state index in [4.69, 9.17) is 9.97 Å². The molecule has 4 aromatic carbocycles. The molecule has 2 aliphatic heterocycles. The zero-order valence-electron chi connectivity index (χ0n) is 36.6. The number of nitrogens with one attached hydrogen (secondary N) is 2. The summed E-state index contributed by atoms with van der Waals surface area (Å²) in [6, 6.07) is 19.4. The number of nitrogens with zero attached hydrogens (tertiary/aromatic N) is 2. The number of aromatic amines is 2. The Labute approximate surface area is 417 Å². The largest absolute Gasteiger partial charge is 2.00 e. The number of H-pyrrole nitrogens is 2. The predicted molar refractivity (Wildman–Crippen MR) is 256 cm³/mol. The van der Waals surface area contributed by atoms with Crippen molar-refractivity contribution >= 4 is 94.1 Å². The molecule has 9 rings (SSSR count). The van der Waals surface area contributed by atoms with Gasteiger partial charge in [-0.1, -0.05) is 0 Å². The van der Waals surface area contributed by atoms with Gasteiger partial charge in [-0.05, 0) is 144 Å². The van der Waals surface area contributed by atoms with Gasteiger partial charge >= 0.3 is 64.8 Å². The van der Waals surface area contributed by atoms with Gasteiger partial charge in [0.25, 0.3) is 0 Å². The average molecular weight is 1020 g/mol. The standard InChI is InChI=1S/C52H30N4O16.Fe/c57-45(58)25-9-21(10-26(17-25)46(59)60)41-33-1-2-34(53-33)42(22-11-27(47(61)62)18-28(12-22)48(63)64)36-5-6-38(55-36)44(24-15-31(51(69)70)20-32(16-24)52(71)72)40-8-7-39(56-40)43(37-4-3-35(41)54-37)23-13-29(49(65)66)19-30(14-23)50(67)68;/h1-20,53,56H,(H,57,58)(H,59,60)(H,61,62)(H,63,64)(H,65,66)(H,67,68)(H,69,70)(H,71,72);/q;+2. The van der Waals surface area contributed by atoms with E-state index in [2.05, 4.69) is 9.97 Å². The molecule has 8 bridgehead atoms. The van der Waals surface area contributed by atoms with Gasteiger partial charge in [-0.25, -0.2) is 48.3 Å². The van der Waals surface area contributed by atoms with Crippen LogP contribution in [0.4, 0.5) is 0 Å². The van der Waals surface area contributed by atoms with Crippen molar-refractivity contribution in [2.24, 2.45) is 0 Å². The molecule has 360 valence electrons. The quantitative estimate of drug-likeness (QED) is 0.0510. The van der Waals surface area contributed by atoms with E-state index in [-0.39, 0.29) is 106 Å². The summed E-state index contributed by atoms with van der Waals surface area (Å²) in [4.78, 5) is 116. The third kappa shape index (κ3) is 9.33. The van der Waals surface area contributed by atoms with Gasteiger partial charge in [-0.15, -0.1) is 0 Å². The van der Waals surface area contributed by atoms with Crippen molar-refractivity contribution in [3.05, 3.63) is 164 Å². The van der Waals surface area contributed by atoms with Crippen molar-refractivity contribution in [2.45, 2.75) is 0 Å². The van der Waals surface area contributed by atoms with Crippen LogP contribution in [-0.4, -0.2) is 109 Å². The first-order valence-corrected chi connectivity index (χ1v) is 20.9. The molecule has 5 heterocycles. The second-order valence-electron chi connectivity index (χ2n) is 16.1. The summed E-state index contributed by atoms with van der Waals surface area (Å²) >= 11 is 0. The van der Waals surface area contributed by atoms with Crippen LogP contribution in [0, 0.1) is 0 Å². The summed E-state index contributed by atoms with van der Waals surface area (Å²) in [6.07, 6.45) is 5.92. The maximum Gasteiger partial charge on any atom is 2.00 e. The molecule has 10 N–H and O–H groups in total. The normalized spacial score (nSPS) is 11.4. The summed E-state index contributed by atoms with van der Waals surface area (Å²) in [5.74, 6) is -11.8. The number of fused-ring (bicyclic) bond motifs is 8. The first kappa shape index (κ1) is 49.2. The molecular formula is C52H30FeN4O16+2. The van der Waals surface area contributed by atoms with Crippen LogP contribution in [-0.2, 0) is 17.1 Å². The number of hydrogen-bond donors (Lipinski definition) is 10. The van der Waals surface area contributed by atoms with Crippen LogP contribution in [0.2, 0.25) is 0 Å². The van der Waals surface area contributed by atoms with Crippen LogP contribution in [0.25, 0.3) is 90.9 Å². The molecule has 0 saturated heterocycles. The molecule has 21 heteroatoms. The topological polar surface area (TPSA) is 356 Å². The SMILES string of the molecule is O=C(O)c1cc(C(=O)O)cc(-c2c3nc(c(-c4cc(C(=O)O)cc(C(=O)O)c4)c4ccc([nH]4)c(-c4cc(C(=O)O)cc(C(=O)O)c4)c4nc(c(-c5cc(C(=O)O)cc(C(=O)O)c5)c5ccc2[nH]5)C=C4)C=C3)c1.[Fe+2]. The first-order chi connectivity index (χ1) is 34.2. The zero-order valence-corrected chi connectivity index (χ0v) is 37.7. The Morgan fingerprint density at radius 1 is 0.288 bits per heavy atom. The van der Waals surface area contributed by atoms with Gasteiger partial charge in [0.1, 0.15) is 0 Å². The van der Waals surface area contributed by atoms with Crippen LogP contribution >= 0.6 is 0 Å². The number of benzene rings is 4. The smallest absolute Gasteiger partial charge is 0.478 e. The first-order valence-electron chi connectivity index (χ1n) is 20.9. The Bertz CT molecular complexity index is 3300. The van der Waals surface area contributed by atoms with E-state index in [0.29, 0.717) is 0 Å². The molecule has 0 amide bonds. The Balaban J connectivity index is 0.00000711. The van der Waals surface area contributed by atoms with Gasteiger partial charge in [0.05, 0.1) is 67.3 Å². The molecule has 0 radical (unpaired) electrons. The zero-order chi connectivity index (χ0) is 51.4. The van der Waals surface area contributed by atoms with Crippen LogP contribution in [0.5, 0.6) is 0 Å². The van der Waals surface area contributed by atoms with Crippen molar-refractivity contribution in [1.29, 1.82) is 0 Å². The molecular weight excluding hydrogens is 992 g/mol. The van der Waals surface area contributed by atoms with E-state index in [9.17, 15) is 79.2 Å². The van der Waals surface area contributed by atoms with E-state index < -0.39 is 92.3 Å². The van der Waals surface area contributed by atoms with Crippen LogP contribution in [0.3, 0.4) is 0 Å². The molecule has 20 nitrogen and oxygen atoms in total. The molecule has 0 atom stereocenters. The van der Waals surface area contributed by atoms with E-state index in [1.54, 1.807) is 0 Å². The predicted octanol–water partition coefficient (Wildman–Crippen LogP) is 8.91. The molecule has 0 fully saturated rings. The summed E-state index contributed by atoms with van der Waals surface area (Å²) in [5.41, 5.74) is -2.24. The second kappa shape index (κ2) is 18.9. The van der Waals surface area contributed by atoms with Gasteiger partial charge in [0, 0.05) is 44.3 Å². The number of aromatic carboxylic acids is 8. The number of aromatic nitrogens is 4. The Morgan fingerprint density at radius 2 is 0.452 bits per heavy atom. The van der Waals surface area contributed by atoms with Crippen LogP contribution in [0.15, 0.2) is 97.1 Å². The van der Waals surface area contributed by atoms with E-state index in [1.807, 2.05) is 0 Å². The fourth-order valence-electron chi connectivity index (χ4n) is 8.50. The fraction of sp³-hybridized carbons (Fsp3) is 0. The third-order valence-corrected chi connectivity index (χ3v) is 11.6. The molecule has 0 aliphatic carbocycles. The average Bonchev–Trinajstić information content (AvgIpc) is 4.19. The molecule has 2 aliphatic rings. The number of hydrogen-bond acceptors (Lipinski definition) is 10. The van der Waals surface area contributed by atoms with Gasteiger partial charge in [0.2, 0.25) is 0 Å². The molecule has 7 aromatic rings. The molecule has 0 spiro atoms. The number of rotatable bonds is 12. The minimum atomic E-state index is -1.48. The number of carboxylic acids is 8. The van der Waals surface area contributed by atoms with E-state index in [1.165, 1.54) is 97.1 Å². The number of carboxylic acid groups (broad SMARTS) is 8. The summed E-state index contributed by atoms with van der Waals surface area (Å²) in [7, 11) is 0. The van der Waals surface area contributed by atoms with Crippen molar-refractivity contribution in [3.8, 4) is 44.5 Å². The second-order valence-corrected chi connectivity index (χ2v) is 16.1. The maximum atomic E-state index is 12.5. The van der Waals surface area contributed by atoms with Crippen LogP contribution < -0.4 is 0 Å². The van der Waals surface area contributed by atoms with Crippen molar-refractivity contribution in [2.75, 3.05) is 0 Å². The number of carbonyl (C=O) groups is 8. The Kier molecular flexibility index (Phi) is 12.8. The Morgan fingerprint density at radius 3 is 0.603 bits per heavy atom. The van der Waals surface area contributed by atoms with Gasteiger partial charge in [-0.3, -0.25) is 0 Å². The molecule has 0 saturated carbocycles. The molecule has 73 heavy (non-hydrogen) atoms. The van der Waals surface area contributed by atoms with Crippen LogP contribution in [0.1, 0.15) is 106 Å². The monoisotopic (exact) mass is 1020 g/mol. The van der Waals surface area contributed by atoms with E-state index in [0.717, 1.165) is 24.3 Å². The maximum absolute atomic E-state index is 12.5. The Hall–Kier alpha value is -10.2. The third-order valence-electron chi connectivity index (χ3n) is 11.6. The van der Waals surface area contributed by atoms with Crippen molar-refractivity contribution in [1.82, 2.24) is 19.9 Å². The summed E-state index contributed by atoms with van der Waals surface area (Å²) < 4.78 is 0. The molecule has 3 aromatic heterocycles. The summed E-state index contributed by atoms with van der Waals surface area (Å²) in [6.45, 7) is 0. The van der Waals surface area contributed by atoms with Gasteiger partial charge < -0.3 is 50.8 Å². The van der Waals surface area contributed by atoms with Gasteiger partial charge in [-0.2, -0.15) is 0 Å². The minimum absolute atomic E-state index is 0. The van der Waals surface area contributed by atoms with E-state index >= 15 is 0 Å². The fourth-order valence-corrected chi connectivity index (χ4v) is 8.50. The molecule has 0 unspecified atom stereocenters. The summed E-state index contributed by atoms with van der Waals surface area (Å²) in [5, 5.41) is 81.1. The van der Waals surface area contributed by atoms with Crippen molar-refractivity contribution in [3.63, 3.8) is 0 Å². The van der Waals surface area contributed by atoms with Crippen molar-refractivity contribution < 1.29 is 96.3 Å². The van der Waals surface area contributed by atoms with Gasteiger partial charge in [0.15, 0.2) is 0 Å².